The third kappa shape index (κ3) is 5.83. The van der Waals surface area contributed by atoms with E-state index in [1.807, 2.05) is 13.8 Å². The van der Waals surface area contributed by atoms with Crippen LogP contribution in [0.4, 0.5) is 23.7 Å². The Balaban J connectivity index is 2.15. The van der Waals surface area contributed by atoms with E-state index in [4.69, 9.17) is 4.74 Å². The summed E-state index contributed by atoms with van der Waals surface area (Å²) in [7, 11) is 1.17. The predicted octanol–water partition coefficient (Wildman–Crippen LogP) is 5.23. The van der Waals surface area contributed by atoms with Gasteiger partial charge in [0.15, 0.2) is 0 Å². The molecule has 1 aliphatic rings. The van der Waals surface area contributed by atoms with Crippen LogP contribution in [0.15, 0.2) is 18.2 Å². The number of benzene rings is 1. The number of rotatable bonds is 5. The molecule has 0 spiro atoms. The van der Waals surface area contributed by atoms with Gasteiger partial charge >= 0.3 is 18.2 Å². The molecule has 0 unspecified atom stereocenters. The first-order chi connectivity index (χ1) is 14.1. The van der Waals surface area contributed by atoms with Gasteiger partial charge in [-0.3, -0.25) is 0 Å². The number of hydrogen-bond acceptors (Lipinski definition) is 5. The lowest BCUT2D eigenvalue weighted by Gasteiger charge is -2.54. The Hall–Kier alpha value is -2.45. The molecule has 1 aromatic rings. The maximum atomic E-state index is 13.5. The van der Waals surface area contributed by atoms with Crippen molar-refractivity contribution >= 4 is 17.7 Å². The molecule has 0 radical (unpaired) electrons. The van der Waals surface area contributed by atoms with Gasteiger partial charge in [-0.15, -0.1) is 0 Å². The molecule has 0 aliphatic heterocycles. The highest BCUT2D eigenvalue weighted by molar-refractivity contribution is 5.90. The zero-order chi connectivity index (χ0) is 23.8. The predicted molar refractivity (Wildman–Crippen MR) is 111 cm³/mol. The molecule has 1 aromatic carbocycles. The summed E-state index contributed by atoms with van der Waals surface area (Å²) < 4.78 is 50.4. The van der Waals surface area contributed by atoms with E-state index in [-0.39, 0.29) is 34.7 Å². The maximum absolute atomic E-state index is 13.5. The quantitative estimate of drug-likeness (QED) is 0.608. The highest BCUT2D eigenvalue weighted by Gasteiger charge is 2.51. The molecular formula is C22H31F3N2O4. The summed E-state index contributed by atoms with van der Waals surface area (Å²) in [6.45, 7) is 11.0. The average Bonchev–Trinajstić information content (AvgIpc) is 2.61. The van der Waals surface area contributed by atoms with Crippen LogP contribution >= 0.6 is 0 Å². The molecule has 6 nitrogen and oxygen atoms in total. The third-order valence-electron chi connectivity index (χ3n) is 5.77. The van der Waals surface area contributed by atoms with Crippen LogP contribution < -0.4 is 10.6 Å². The SMILES string of the molecule is COC(=O)c1ccc(C(F)(F)F)c(N[C@@H](C)[C@@H]2C[C@H](NC(=O)OC(C)(C)C)C2(C)C)c1. The molecule has 0 saturated heterocycles. The minimum Gasteiger partial charge on any atom is -0.465 e. The fraction of sp³-hybridized carbons (Fsp3) is 0.636. The van der Waals surface area contributed by atoms with Gasteiger partial charge in [0.05, 0.1) is 18.2 Å². The lowest BCUT2D eigenvalue weighted by Crippen LogP contribution is -2.62. The van der Waals surface area contributed by atoms with Crippen LogP contribution in [0.3, 0.4) is 0 Å². The molecule has 3 atom stereocenters. The first-order valence-electron chi connectivity index (χ1n) is 10.1. The lowest BCUT2D eigenvalue weighted by atomic mass is 9.56. The Morgan fingerprint density at radius 1 is 1.19 bits per heavy atom. The van der Waals surface area contributed by atoms with Gasteiger partial charge in [-0.05, 0) is 63.6 Å². The fourth-order valence-corrected chi connectivity index (χ4v) is 4.00. The highest BCUT2D eigenvalue weighted by atomic mass is 19.4. The van der Waals surface area contributed by atoms with Crippen LogP contribution in [-0.4, -0.2) is 36.9 Å². The molecule has 9 heteroatoms. The minimum atomic E-state index is -4.58. The van der Waals surface area contributed by atoms with Crippen molar-refractivity contribution in [2.24, 2.45) is 11.3 Å². The van der Waals surface area contributed by atoms with Gasteiger partial charge in [0.2, 0.25) is 0 Å². The molecule has 1 amide bonds. The normalized spacial score (nSPS) is 21.5. The average molecular weight is 444 g/mol. The molecule has 2 N–H and O–H groups in total. The number of methoxy groups -OCH3 is 1. The largest absolute Gasteiger partial charge is 0.465 e. The molecule has 0 heterocycles. The Morgan fingerprint density at radius 3 is 2.29 bits per heavy atom. The number of nitrogens with one attached hydrogen (secondary N) is 2. The zero-order valence-corrected chi connectivity index (χ0v) is 18.9. The monoisotopic (exact) mass is 444 g/mol. The number of esters is 1. The van der Waals surface area contributed by atoms with Gasteiger partial charge in [-0.25, -0.2) is 9.59 Å². The van der Waals surface area contributed by atoms with E-state index >= 15 is 0 Å². The first kappa shape index (κ1) is 24.8. The summed E-state index contributed by atoms with van der Waals surface area (Å²) in [6.07, 6.45) is -4.51. The lowest BCUT2D eigenvalue weighted by molar-refractivity contribution is -0.137. The van der Waals surface area contributed by atoms with Gasteiger partial charge in [0.1, 0.15) is 5.60 Å². The number of hydrogen-bond donors (Lipinski definition) is 2. The van der Waals surface area contributed by atoms with Gasteiger partial charge in [-0.2, -0.15) is 13.2 Å². The van der Waals surface area contributed by atoms with Crippen molar-refractivity contribution in [3.05, 3.63) is 29.3 Å². The number of amides is 1. The summed E-state index contributed by atoms with van der Waals surface area (Å²) in [5, 5.41) is 5.78. The van der Waals surface area contributed by atoms with Crippen LogP contribution in [0.2, 0.25) is 0 Å². The van der Waals surface area contributed by atoms with E-state index in [2.05, 4.69) is 15.4 Å². The van der Waals surface area contributed by atoms with Crippen molar-refractivity contribution in [1.82, 2.24) is 5.32 Å². The number of halogens is 3. The molecule has 31 heavy (non-hydrogen) atoms. The molecule has 1 saturated carbocycles. The molecule has 1 aliphatic carbocycles. The van der Waals surface area contributed by atoms with Crippen LogP contribution in [-0.2, 0) is 15.7 Å². The highest BCUT2D eigenvalue weighted by Crippen LogP contribution is 2.49. The van der Waals surface area contributed by atoms with Gasteiger partial charge in [0, 0.05) is 17.8 Å². The number of anilines is 1. The first-order valence-corrected chi connectivity index (χ1v) is 10.1. The zero-order valence-electron chi connectivity index (χ0n) is 18.9. The second-order valence-corrected chi connectivity index (χ2v) is 9.55. The number of alkyl halides is 3. The van der Waals surface area contributed by atoms with Crippen LogP contribution in [0.5, 0.6) is 0 Å². The van der Waals surface area contributed by atoms with E-state index in [1.54, 1.807) is 27.7 Å². The smallest absolute Gasteiger partial charge is 0.418 e. The van der Waals surface area contributed by atoms with E-state index in [0.29, 0.717) is 6.42 Å². The maximum Gasteiger partial charge on any atom is 0.418 e. The minimum absolute atomic E-state index is 0.0182. The molecular weight excluding hydrogens is 413 g/mol. The third-order valence-corrected chi connectivity index (χ3v) is 5.77. The van der Waals surface area contributed by atoms with Crippen molar-refractivity contribution in [3.8, 4) is 0 Å². The Bertz CT molecular complexity index is 831. The summed E-state index contributed by atoms with van der Waals surface area (Å²) in [4.78, 5) is 23.9. The molecule has 2 rings (SSSR count). The van der Waals surface area contributed by atoms with E-state index in [9.17, 15) is 22.8 Å². The Labute approximate surface area is 180 Å². The van der Waals surface area contributed by atoms with E-state index in [0.717, 1.165) is 18.2 Å². The van der Waals surface area contributed by atoms with Crippen LogP contribution in [0.1, 0.15) is 63.9 Å². The van der Waals surface area contributed by atoms with Crippen LogP contribution in [0, 0.1) is 11.3 Å². The summed E-state index contributed by atoms with van der Waals surface area (Å²) in [5.74, 6) is -0.731. The number of carbonyl (C=O) groups is 2. The Morgan fingerprint density at radius 2 is 1.81 bits per heavy atom. The molecule has 0 aromatic heterocycles. The van der Waals surface area contributed by atoms with Crippen molar-refractivity contribution in [2.75, 3.05) is 12.4 Å². The molecule has 1 fully saturated rings. The van der Waals surface area contributed by atoms with E-state index < -0.39 is 29.4 Å². The van der Waals surface area contributed by atoms with Crippen LogP contribution in [0.25, 0.3) is 0 Å². The molecule has 174 valence electrons. The summed E-state index contributed by atoms with van der Waals surface area (Å²) in [5.41, 5.74) is -2.00. The van der Waals surface area contributed by atoms with Gasteiger partial charge < -0.3 is 20.1 Å². The van der Waals surface area contributed by atoms with E-state index in [1.165, 1.54) is 7.11 Å². The second kappa shape index (κ2) is 8.59. The van der Waals surface area contributed by atoms with Gasteiger partial charge in [-0.1, -0.05) is 13.8 Å². The van der Waals surface area contributed by atoms with Crippen molar-refractivity contribution in [1.29, 1.82) is 0 Å². The standard InChI is InChI=1S/C22H31F3N2O4/c1-12(15-11-17(21(15,5)6)27-19(29)31-20(2,3)4)26-16-10-13(18(28)30-7)8-9-14(16)22(23,24)25/h8-10,12,15,17,26H,11H2,1-7H3,(H,27,29)/t12-,15-,17-/m0/s1. The fourth-order valence-electron chi connectivity index (χ4n) is 4.00. The second-order valence-electron chi connectivity index (χ2n) is 9.55. The number of ether oxygens (including phenoxy) is 2. The van der Waals surface area contributed by atoms with Crippen molar-refractivity contribution in [3.63, 3.8) is 0 Å². The van der Waals surface area contributed by atoms with Crippen molar-refractivity contribution in [2.45, 2.75) is 71.8 Å². The Kier molecular flexibility index (Phi) is 6.88. The number of alkyl carbamates (subject to hydrolysis) is 1. The van der Waals surface area contributed by atoms with Gasteiger partial charge in [0.25, 0.3) is 0 Å². The summed E-state index contributed by atoms with van der Waals surface area (Å²) >= 11 is 0. The topological polar surface area (TPSA) is 76.7 Å². The number of carbonyl (C=O) groups excluding carboxylic acids is 2. The molecule has 0 bridgehead atoms. The van der Waals surface area contributed by atoms with Crippen molar-refractivity contribution < 1.29 is 32.2 Å². The summed E-state index contributed by atoms with van der Waals surface area (Å²) in [6, 6.07) is 2.62.